The van der Waals surface area contributed by atoms with Gasteiger partial charge in [-0.1, -0.05) is 30.3 Å². The van der Waals surface area contributed by atoms with Crippen molar-refractivity contribution in [1.82, 2.24) is 0 Å². The molecule has 1 amide bonds. The first kappa shape index (κ1) is 12.6. The van der Waals surface area contributed by atoms with Gasteiger partial charge in [-0.3, -0.25) is 4.79 Å². The fourth-order valence-electron chi connectivity index (χ4n) is 3.26. The van der Waals surface area contributed by atoms with Crippen molar-refractivity contribution in [1.29, 1.82) is 0 Å². The van der Waals surface area contributed by atoms with Gasteiger partial charge in [-0.25, -0.2) is 0 Å². The van der Waals surface area contributed by atoms with Gasteiger partial charge in [0.25, 0.3) is 0 Å². The Balaban J connectivity index is 1.60. The van der Waals surface area contributed by atoms with Crippen LogP contribution in [-0.2, 0) is 11.2 Å². The highest BCUT2D eigenvalue weighted by atomic mass is 16.2. The molecule has 2 aromatic carbocycles. The molecule has 0 aliphatic heterocycles. The number of carbonyl (C=O) groups is 1. The van der Waals surface area contributed by atoms with Gasteiger partial charge >= 0.3 is 0 Å². The Morgan fingerprint density at radius 3 is 2.57 bits per heavy atom. The van der Waals surface area contributed by atoms with E-state index in [9.17, 15) is 4.79 Å². The van der Waals surface area contributed by atoms with Gasteiger partial charge in [-0.15, -0.1) is 0 Å². The van der Waals surface area contributed by atoms with Gasteiger partial charge in [0.15, 0.2) is 0 Å². The molecule has 0 atom stereocenters. The molecule has 1 saturated carbocycles. The maximum atomic E-state index is 12.2. The van der Waals surface area contributed by atoms with Crippen LogP contribution in [-0.4, -0.2) is 11.4 Å². The van der Waals surface area contributed by atoms with Crippen LogP contribution in [0.3, 0.4) is 0 Å². The summed E-state index contributed by atoms with van der Waals surface area (Å²) >= 11 is 0. The number of nitrogens with two attached hydrogens (primary N) is 1. The third-order valence-electron chi connectivity index (χ3n) is 4.75. The molecule has 0 bridgehead atoms. The van der Waals surface area contributed by atoms with E-state index < -0.39 is 5.54 Å². The van der Waals surface area contributed by atoms with Crippen LogP contribution in [0, 0.1) is 0 Å². The second kappa shape index (κ2) is 4.43. The minimum Gasteiger partial charge on any atom is -0.324 e. The van der Waals surface area contributed by atoms with E-state index in [2.05, 4.69) is 41.7 Å². The SMILES string of the molecule is NC1(C(=O)Nc2ccc3c(c2)Cc2ccccc2-3)CCC1. The molecular formula is C18H18N2O. The first-order chi connectivity index (χ1) is 10.2. The summed E-state index contributed by atoms with van der Waals surface area (Å²) in [4.78, 5) is 12.2. The molecule has 3 nitrogen and oxygen atoms in total. The van der Waals surface area contributed by atoms with Crippen molar-refractivity contribution in [2.75, 3.05) is 5.32 Å². The van der Waals surface area contributed by atoms with Crippen molar-refractivity contribution in [3.05, 3.63) is 53.6 Å². The average Bonchev–Trinajstić information content (AvgIpc) is 2.82. The quantitative estimate of drug-likeness (QED) is 0.757. The zero-order chi connectivity index (χ0) is 14.4. The molecule has 2 aromatic rings. The van der Waals surface area contributed by atoms with Crippen molar-refractivity contribution in [2.24, 2.45) is 5.73 Å². The Morgan fingerprint density at radius 1 is 1.05 bits per heavy atom. The van der Waals surface area contributed by atoms with Crippen molar-refractivity contribution >= 4 is 11.6 Å². The van der Waals surface area contributed by atoms with Crippen LogP contribution >= 0.6 is 0 Å². The molecule has 0 saturated heterocycles. The minimum absolute atomic E-state index is 0.0517. The summed E-state index contributed by atoms with van der Waals surface area (Å²) in [5, 5.41) is 2.98. The van der Waals surface area contributed by atoms with Crippen molar-refractivity contribution in [3.8, 4) is 11.1 Å². The molecule has 3 N–H and O–H groups in total. The number of hydrogen-bond acceptors (Lipinski definition) is 2. The normalized spacial score (nSPS) is 17.6. The Labute approximate surface area is 124 Å². The van der Waals surface area contributed by atoms with E-state index in [1.807, 2.05) is 6.07 Å². The van der Waals surface area contributed by atoms with E-state index >= 15 is 0 Å². The fourth-order valence-corrected chi connectivity index (χ4v) is 3.26. The zero-order valence-electron chi connectivity index (χ0n) is 11.9. The third-order valence-corrected chi connectivity index (χ3v) is 4.75. The van der Waals surface area contributed by atoms with Crippen molar-refractivity contribution in [3.63, 3.8) is 0 Å². The molecule has 4 rings (SSSR count). The lowest BCUT2D eigenvalue weighted by atomic mass is 9.77. The molecule has 1 fully saturated rings. The summed E-state index contributed by atoms with van der Waals surface area (Å²) in [6.45, 7) is 0. The second-order valence-corrected chi connectivity index (χ2v) is 6.17. The predicted octanol–water partition coefficient (Wildman–Crippen LogP) is 3.08. The summed E-state index contributed by atoms with van der Waals surface area (Å²) in [5.74, 6) is -0.0517. The number of nitrogens with one attached hydrogen (secondary N) is 1. The predicted molar refractivity (Wildman–Crippen MR) is 84.1 cm³/mol. The molecule has 0 heterocycles. The number of rotatable bonds is 2. The standard InChI is InChI=1S/C18H18N2O/c19-18(8-3-9-18)17(21)20-14-6-7-16-13(11-14)10-12-4-1-2-5-15(12)16/h1-2,4-7,11H,3,8-10,19H2,(H,20,21). The average molecular weight is 278 g/mol. The highest BCUT2D eigenvalue weighted by molar-refractivity contribution is 5.99. The van der Waals surface area contributed by atoms with Gasteiger partial charge < -0.3 is 11.1 Å². The third kappa shape index (κ3) is 1.96. The fraction of sp³-hybridized carbons (Fsp3) is 0.278. The molecule has 106 valence electrons. The maximum absolute atomic E-state index is 12.2. The molecular weight excluding hydrogens is 260 g/mol. The lowest BCUT2D eigenvalue weighted by Crippen LogP contribution is -2.56. The number of amides is 1. The number of hydrogen-bond donors (Lipinski definition) is 2. The summed E-state index contributed by atoms with van der Waals surface area (Å²) in [6, 6.07) is 14.6. The highest BCUT2D eigenvalue weighted by Crippen LogP contribution is 2.38. The molecule has 0 aromatic heterocycles. The first-order valence-corrected chi connectivity index (χ1v) is 7.47. The lowest BCUT2D eigenvalue weighted by Gasteiger charge is -2.36. The van der Waals surface area contributed by atoms with Crippen molar-refractivity contribution in [2.45, 2.75) is 31.2 Å². The molecule has 21 heavy (non-hydrogen) atoms. The zero-order valence-corrected chi connectivity index (χ0v) is 11.9. The smallest absolute Gasteiger partial charge is 0.244 e. The van der Waals surface area contributed by atoms with E-state index in [1.54, 1.807) is 0 Å². The van der Waals surface area contributed by atoms with Crippen LogP contribution in [0.25, 0.3) is 11.1 Å². The molecule has 2 aliphatic carbocycles. The molecule has 0 radical (unpaired) electrons. The Morgan fingerprint density at radius 2 is 1.81 bits per heavy atom. The Hall–Kier alpha value is -2.13. The number of carbonyl (C=O) groups excluding carboxylic acids is 1. The van der Waals surface area contributed by atoms with Crippen LogP contribution in [0.1, 0.15) is 30.4 Å². The van der Waals surface area contributed by atoms with Crippen LogP contribution in [0.2, 0.25) is 0 Å². The van der Waals surface area contributed by atoms with Gasteiger partial charge in [0.2, 0.25) is 5.91 Å². The van der Waals surface area contributed by atoms with E-state index in [4.69, 9.17) is 5.73 Å². The van der Waals surface area contributed by atoms with Gasteiger partial charge in [0.05, 0.1) is 5.54 Å². The van der Waals surface area contributed by atoms with Gasteiger partial charge in [0.1, 0.15) is 0 Å². The van der Waals surface area contributed by atoms with Gasteiger partial charge in [0, 0.05) is 5.69 Å². The van der Waals surface area contributed by atoms with Crippen LogP contribution in [0.5, 0.6) is 0 Å². The molecule has 3 heteroatoms. The Bertz CT molecular complexity index is 732. The minimum atomic E-state index is -0.651. The van der Waals surface area contributed by atoms with Gasteiger partial charge in [-0.05, 0) is 60.1 Å². The molecule has 2 aliphatic rings. The largest absolute Gasteiger partial charge is 0.324 e. The second-order valence-electron chi connectivity index (χ2n) is 6.17. The molecule has 0 unspecified atom stereocenters. The topological polar surface area (TPSA) is 55.1 Å². The number of fused-ring (bicyclic) bond motifs is 3. The van der Waals surface area contributed by atoms with Crippen LogP contribution in [0.4, 0.5) is 5.69 Å². The van der Waals surface area contributed by atoms with Crippen LogP contribution < -0.4 is 11.1 Å². The monoisotopic (exact) mass is 278 g/mol. The highest BCUT2D eigenvalue weighted by Gasteiger charge is 2.40. The van der Waals surface area contributed by atoms with Gasteiger partial charge in [-0.2, -0.15) is 0 Å². The summed E-state index contributed by atoms with van der Waals surface area (Å²) in [5.41, 5.74) is 11.5. The van der Waals surface area contributed by atoms with E-state index in [1.165, 1.54) is 22.3 Å². The van der Waals surface area contributed by atoms with E-state index in [0.717, 1.165) is 31.4 Å². The number of benzene rings is 2. The summed E-state index contributed by atoms with van der Waals surface area (Å²) < 4.78 is 0. The summed E-state index contributed by atoms with van der Waals surface area (Å²) in [7, 11) is 0. The Kier molecular flexibility index (Phi) is 2.66. The maximum Gasteiger partial charge on any atom is 0.244 e. The first-order valence-electron chi connectivity index (χ1n) is 7.47. The summed E-state index contributed by atoms with van der Waals surface area (Å²) in [6.07, 6.45) is 3.55. The number of anilines is 1. The van der Waals surface area contributed by atoms with E-state index in [0.29, 0.717) is 0 Å². The lowest BCUT2D eigenvalue weighted by molar-refractivity contribution is -0.123. The van der Waals surface area contributed by atoms with Crippen LogP contribution in [0.15, 0.2) is 42.5 Å². The van der Waals surface area contributed by atoms with Crippen molar-refractivity contribution < 1.29 is 4.79 Å². The van der Waals surface area contributed by atoms with E-state index in [-0.39, 0.29) is 5.91 Å². The molecule has 0 spiro atoms.